The van der Waals surface area contributed by atoms with E-state index in [0.717, 1.165) is 28.9 Å². The lowest BCUT2D eigenvalue weighted by Crippen LogP contribution is -2.44. The van der Waals surface area contributed by atoms with E-state index in [1.54, 1.807) is 19.2 Å². The molecule has 0 aliphatic carbocycles. The number of para-hydroxylation sites is 1. The average Bonchev–Trinajstić information content (AvgIpc) is 3.21. The molecule has 172 valence electrons. The van der Waals surface area contributed by atoms with Crippen molar-refractivity contribution in [2.75, 3.05) is 23.4 Å². The fourth-order valence-electron chi connectivity index (χ4n) is 4.65. The minimum absolute atomic E-state index is 0.183. The Balaban J connectivity index is 1.43. The highest BCUT2D eigenvalue weighted by Crippen LogP contribution is 2.39. The Kier molecular flexibility index (Phi) is 5.36. The number of halogens is 2. The third kappa shape index (κ3) is 3.51. The monoisotopic (exact) mass is 461 g/mol. The second kappa shape index (κ2) is 8.37. The molecular formula is C26H21F2N3O3. The van der Waals surface area contributed by atoms with Gasteiger partial charge in [-0.25, -0.2) is 8.78 Å². The van der Waals surface area contributed by atoms with Crippen molar-refractivity contribution in [3.63, 3.8) is 0 Å². The van der Waals surface area contributed by atoms with E-state index in [9.17, 15) is 23.2 Å². The number of carbonyl (C=O) groups excluding carboxylic acids is 3. The van der Waals surface area contributed by atoms with Gasteiger partial charge in [0.15, 0.2) is 11.6 Å². The number of benzene rings is 3. The van der Waals surface area contributed by atoms with Gasteiger partial charge >= 0.3 is 0 Å². The van der Waals surface area contributed by atoms with Crippen molar-refractivity contribution in [3.05, 3.63) is 83.9 Å². The highest BCUT2D eigenvalue weighted by atomic mass is 19.2. The van der Waals surface area contributed by atoms with E-state index < -0.39 is 35.4 Å². The van der Waals surface area contributed by atoms with Crippen LogP contribution in [0.3, 0.4) is 0 Å². The molecule has 1 N–H and O–H groups in total. The van der Waals surface area contributed by atoms with Crippen molar-refractivity contribution < 1.29 is 23.2 Å². The maximum atomic E-state index is 13.7. The van der Waals surface area contributed by atoms with Crippen LogP contribution in [0.4, 0.5) is 20.2 Å². The fourth-order valence-corrected chi connectivity index (χ4v) is 4.65. The predicted molar refractivity (Wildman–Crippen MR) is 123 cm³/mol. The Bertz CT molecular complexity index is 1330. The van der Waals surface area contributed by atoms with Gasteiger partial charge in [-0.2, -0.15) is 0 Å². The van der Waals surface area contributed by atoms with Crippen molar-refractivity contribution in [2.45, 2.75) is 12.5 Å². The zero-order chi connectivity index (χ0) is 24.0. The summed E-state index contributed by atoms with van der Waals surface area (Å²) in [6, 6.07) is 17.0. The van der Waals surface area contributed by atoms with Gasteiger partial charge < -0.3 is 15.1 Å². The van der Waals surface area contributed by atoms with Crippen molar-refractivity contribution >= 4 is 29.1 Å². The fraction of sp³-hybridized carbons (Fsp3) is 0.192. The van der Waals surface area contributed by atoms with Crippen LogP contribution in [0, 0.1) is 17.6 Å². The zero-order valence-corrected chi connectivity index (χ0v) is 18.3. The number of nitrogens with zero attached hydrogens (tertiary/aromatic N) is 2. The molecule has 1 unspecified atom stereocenters. The van der Waals surface area contributed by atoms with E-state index in [4.69, 9.17) is 0 Å². The molecule has 6 nitrogen and oxygen atoms in total. The van der Waals surface area contributed by atoms with E-state index in [2.05, 4.69) is 5.32 Å². The van der Waals surface area contributed by atoms with Crippen molar-refractivity contribution in [3.8, 4) is 11.1 Å². The molecule has 3 aromatic carbocycles. The molecule has 1 fully saturated rings. The Labute approximate surface area is 194 Å². The van der Waals surface area contributed by atoms with E-state index in [1.807, 2.05) is 36.4 Å². The van der Waals surface area contributed by atoms with Gasteiger partial charge in [0.2, 0.25) is 11.8 Å². The molecule has 0 bridgehead atoms. The van der Waals surface area contributed by atoms with Crippen LogP contribution in [-0.2, 0) is 14.4 Å². The Morgan fingerprint density at radius 1 is 0.912 bits per heavy atom. The van der Waals surface area contributed by atoms with Crippen LogP contribution in [0.25, 0.3) is 11.1 Å². The first-order chi connectivity index (χ1) is 16.4. The van der Waals surface area contributed by atoms with Crippen LogP contribution in [-0.4, -0.2) is 31.3 Å². The van der Waals surface area contributed by atoms with Crippen molar-refractivity contribution in [2.24, 2.45) is 5.92 Å². The van der Waals surface area contributed by atoms with Crippen molar-refractivity contribution in [1.29, 1.82) is 0 Å². The third-order valence-corrected chi connectivity index (χ3v) is 6.43. The smallest absolute Gasteiger partial charge is 0.253 e. The third-order valence-electron chi connectivity index (χ3n) is 6.43. The van der Waals surface area contributed by atoms with Gasteiger partial charge in [0.25, 0.3) is 5.91 Å². The molecule has 0 saturated carbocycles. The minimum atomic E-state index is -1.07. The van der Waals surface area contributed by atoms with Gasteiger partial charge in [-0.15, -0.1) is 0 Å². The topological polar surface area (TPSA) is 69.7 Å². The molecule has 3 amide bonds. The number of amides is 3. The number of anilines is 2. The highest BCUT2D eigenvalue weighted by Gasteiger charge is 2.41. The summed E-state index contributed by atoms with van der Waals surface area (Å²) in [6.07, 6.45) is 0.197. The molecule has 2 heterocycles. The van der Waals surface area contributed by atoms with Crippen LogP contribution in [0.15, 0.2) is 66.7 Å². The van der Waals surface area contributed by atoms with Crippen LogP contribution in [0.1, 0.15) is 18.0 Å². The van der Waals surface area contributed by atoms with Crippen LogP contribution >= 0.6 is 0 Å². The molecule has 8 heteroatoms. The van der Waals surface area contributed by atoms with E-state index in [0.29, 0.717) is 5.56 Å². The second-order valence-corrected chi connectivity index (χ2v) is 8.37. The average molecular weight is 461 g/mol. The van der Waals surface area contributed by atoms with Crippen molar-refractivity contribution in [1.82, 2.24) is 5.32 Å². The van der Waals surface area contributed by atoms with Gasteiger partial charge in [-0.05, 0) is 35.7 Å². The van der Waals surface area contributed by atoms with E-state index >= 15 is 0 Å². The number of hydrogen-bond acceptors (Lipinski definition) is 3. The number of hydrogen-bond donors (Lipinski definition) is 1. The van der Waals surface area contributed by atoms with Gasteiger partial charge in [0, 0.05) is 30.9 Å². The lowest BCUT2D eigenvalue weighted by atomic mass is 9.95. The van der Waals surface area contributed by atoms with Crippen LogP contribution < -0.4 is 15.1 Å². The number of nitrogens with one attached hydrogen (secondary N) is 1. The summed E-state index contributed by atoms with van der Waals surface area (Å²) in [5.74, 6) is -4.54. The first-order valence-corrected chi connectivity index (χ1v) is 10.9. The van der Waals surface area contributed by atoms with Crippen LogP contribution in [0.5, 0.6) is 0 Å². The predicted octanol–water partition coefficient (Wildman–Crippen LogP) is 3.82. The van der Waals surface area contributed by atoms with Gasteiger partial charge in [-0.1, -0.05) is 42.5 Å². The molecule has 34 heavy (non-hydrogen) atoms. The summed E-state index contributed by atoms with van der Waals surface area (Å²) in [4.78, 5) is 42.3. The van der Waals surface area contributed by atoms with E-state index in [1.165, 1.54) is 15.9 Å². The summed E-state index contributed by atoms with van der Waals surface area (Å²) in [5.41, 5.74) is 3.23. The zero-order valence-electron chi connectivity index (χ0n) is 18.3. The maximum absolute atomic E-state index is 13.7. The Morgan fingerprint density at radius 3 is 2.38 bits per heavy atom. The lowest BCUT2D eigenvalue weighted by molar-refractivity contribution is -0.134. The molecule has 1 saturated heterocycles. The molecule has 5 rings (SSSR count). The van der Waals surface area contributed by atoms with Gasteiger partial charge in [-0.3, -0.25) is 14.4 Å². The number of fused-ring (bicyclic) bond motifs is 3. The number of carbonyl (C=O) groups is 3. The molecule has 2 aliphatic heterocycles. The maximum Gasteiger partial charge on any atom is 0.253 e. The SMILES string of the molecule is CN1C(=O)[C@@H](NC(=O)C2CCN(c3ccc(F)c(F)c3)C2=O)c2ccccc2-c2ccccc21. The molecule has 0 spiro atoms. The summed E-state index contributed by atoms with van der Waals surface area (Å²) in [6.45, 7) is 0.183. The molecule has 2 atom stereocenters. The lowest BCUT2D eigenvalue weighted by Gasteiger charge is -2.24. The molecule has 0 aromatic heterocycles. The molecule has 2 aliphatic rings. The summed E-state index contributed by atoms with van der Waals surface area (Å²) >= 11 is 0. The largest absolute Gasteiger partial charge is 0.340 e. The molecule has 0 radical (unpaired) electrons. The standard InChI is InChI=1S/C26H21F2N3O3/c1-30-22-9-5-4-7-17(22)16-6-2-3-8-18(16)23(26(30)34)29-24(32)19-12-13-31(25(19)33)15-10-11-20(27)21(28)14-15/h2-11,14,19,23H,12-13H2,1H3,(H,29,32)/t19?,23-/m0/s1. The van der Waals surface area contributed by atoms with Gasteiger partial charge in [0.1, 0.15) is 12.0 Å². The van der Waals surface area contributed by atoms with Crippen LogP contribution in [0.2, 0.25) is 0 Å². The first-order valence-electron chi connectivity index (χ1n) is 10.9. The summed E-state index contributed by atoms with van der Waals surface area (Å²) in [7, 11) is 1.65. The van der Waals surface area contributed by atoms with E-state index in [-0.39, 0.29) is 24.6 Å². The first kappa shape index (κ1) is 21.8. The minimum Gasteiger partial charge on any atom is -0.340 e. The van der Waals surface area contributed by atoms with Gasteiger partial charge in [0.05, 0.1) is 5.69 Å². The second-order valence-electron chi connectivity index (χ2n) is 8.37. The Hall–Kier alpha value is -4.07. The highest BCUT2D eigenvalue weighted by molar-refractivity contribution is 6.12. The normalized spacial score (nSPS) is 19.5. The molecule has 3 aromatic rings. The number of rotatable bonds is 3. The Morgan fingerprint density at radius 2 is 1.62 bits per heavy atom. The summed E-state index contributed by atoms with van der Waals surface area (Å²) in [5, 5.41) is 2.78. The molecular weight excluding hydrogens is 440 g/mol. The quantitative estimate of drug-likeness (QED) is 0.603. The number of likely N-dealkylation sites (N-methyl/N-ethyl adjacent to an activating group) is 1. The summed E-state index contributed by atoms with van der Waals surface area (Å²) < 4.78 is 27.0.